The fourth-order valence-electron chi connectivity index (χ4n) is 1.96. The van der Waals surface area contributed by atoms with E-state index >= 15 is 0 Å². The average molecular weight is 282 g/mol. The van der Waals surface area contributed by atoms with Crippen LogP contribution in [0.1, 0.15) is 33.6 Å². The lowest BCUT2D eigenvalue weighted by molar-refractivity contribution is 0.581. The Morgan fingerprint density at radius 2 is 1.84 bits per heavy atom. The molecular weight excluding hydrogens is 260 g/mol. The molecule has 2 N–H and O–H groups in total. The van der Waals surface area contributed by atoms with Crippen LogP contribution < -0.4 is 10.0 Å². The second-order valence-electron chi connectivity index (χ2n) is 5.81. The zero-order valence-electron chi connectivity index (χ0n) is 11.7. The van der Waals surface area contributed by atoms with Crippen LogP contribution in [0.15, 0.2) is 29.2 Å². The van der Waals surface area contributed by atoms with E-state index in [1.807, 2.05) is 19.1 Å². The third-order valence-electron chi connectivity index (χ3n) is 3.56. The second-order valence-corrected chi connectivity index (χ2v) is 7.58. The lowest BCUT2D eigenvalue weighted by atomic mass is 10.2. The highest BCUT2D eigenvalue weighted by Gasteiger charge is 2.45. The molecule has 0 radical (unpaired) electrons. The van der Waals surface area contributed by atoms with Crippen molar-refractivity contribution in [2.75, 3.05) is 11.9 Å². The van der Waals surface area contributed by atoms with E-state index in [-0.39, 0.29) is 0 Å². The summed E-state index contributed by atoms with van der Waals surface area (Å²) in [5.41, 5.74) is 1.33. The minimum absolute atomic E-state index is 0.321. The molecule has 0 saturated heterocycles. The van der Waals surface area contributed by atoms with Gasteiger partial charge in [0, 0.05) is 18.3 Å². The van der Waals surface area contributed by atoms with E-state index in [1.165, 1.54) is 0 Å². The number of benzene rings is 1. The van der Waals surface area contributed by atoms with E-state index < -0.39 is 10.0 Å². The standard InChI is InChI=1S/C14H22N2O2S/c1-4-9-15-19(17,18)12-7-5-11(6-8-12)16-13-10-14(13,2)3/h5-8,13,15-16H,4,9-10H2,1-3H3. The van der Waals surface area contributed by atoms with Crippen LogP contribution in [0.4, 0.5) is 5.69 Å². The van der Waals surface area contributed by atoms with Crippen LogP contribution in [0.3, 0.4) is 0 Å². The Morgan fingerprint density at radius 3 is 2.32 bits per heavy atom. The van der Waals surface area contributed by atoms with Crippen molar-refractivity contribution in [2.24, 2.45) is 5.41 Å². The molecule has 106 valence electrons. The molecule has 1 aliphatic rings. The van der Waals surface area contributed by atoms with Crippen LogP contribution in [0, 0.1) is 5.41 Å². The lowest BCUT2D eigenvalue weighted by Gasteiger charge is -2.10. The van der Waals surface area contributed by atoms with Crippen molar-refractivity contribution in [3.8, 4) is 0 Å². The minimum Gasteiger partial charge on any atom is -0.382 e. The lowest BCUT2D eigenvalue weighted by Crippen LogP contribution is -2.24. The van der Waals surface area contributed by atoms with Gasteiger partial charge in [-0.2, -0.15) is 0 Å². The van der Waals surface area contributed by atoms with Crippen molar-refractivity contribution < 1.29 is 8.42 Å². The normalized spacial score (nSPS) is 21.1. The molecule has 1 atom stereocenters. The molecule has 0 bridgehead atoms. The molecule has 0 heterocycles. The van der Waals surface area contributed by atoms with Gasteiger partial charge in [-0.15, -0.1) is 0 Å². The first kappa shape index (κ1) is 14.3. The predicted molar refractivity (Wildman–Crippen MR) is 77.7 cm³/mol. The second kappa shape index (κ2) is 5.13. The summed E-state index contributed by atoms with van der Waals surface area (Å²) in [5, 5.41) is 3.41. The highest BCUT2D eigenvalue weighted by atomic mass is 32.2. The fraction of sp³-hybridized carbons (Fsp3) is 0.571. The molecule has 0 aliphatic heterocycles. The molecule has 0 amide bonds. The Kier molecular flexibility index (Phi) is 3.87. The summed E-state index contributed by atoms with van der Waals surface area (Å²) in [4.78, 5) is 0.321. The number of hydrogen-bond acceptors (Lipinski definition) is 3. The third kappa shape index (κ3) is 3.48. The first-order valence-corrected chi connectivity index (χ1v) is 8.20. The number of anilines is 1. The van der Waals surface area contributed by atoms with Crippen molar-refractivity contribution in [1.29, 1.82) is 0 Å². The Morgan fingerprint density at radius 1 is 1.26 bits per heavy atom. The van der Waals surface area contributed by atoms with Crippen molar-refractivity contribution in [2.45, 2.75) is 44.6 Å². The van der Waals surface area contributed by atoms with E-state index in [1.54, 1.807) is 12.1 Å². The highest BCUT2D eigenvalue weighted by Crippen LogP contribution is 2.46. The van der Waals surface area contributed by atoms with Gasteiger partial charge in [-0.05, 0) is 42.5 Å². The molecule has 1 saturated carbocycles. The van der Waals surface area contributed by atoms with Gasteiger partial charge in [-0.1, -0.05) is 20.8 Å². The van der Waals surface area contributed by atoms with Gasteiger partial charge >= 0.3 is 0 Å². The summed E-state index contributed by atoms with van der Waals surface area (Å²) in [5.74, 6) is 0. The molecule has 0 aromatic heterocycles. The number of nitrogens with one attached hydrogen (secondary N) is 2. The van der Waals surface area contributed by atoms with E-state index in [2.05, 4.69) is 23.9 Å². The van der Waals surface area contributed by atoms with Crippen LogP contribution in [-0.4, -0.2) is 21.0 Å². The predicted octanol–water partition coefficient (Wildman–Crippen LogP) is 2.59. The smallest absolute Gasteiger partial charge is 0.240 e. The minimum atomic E-state index is -3.35. The summed E-state index contributed by atoms with van der Waals surface area (Å²) in [6.45, 7) is 6.85. The maximum absolute atomic E-state index is 11.9. The van der Waals surface area contributed by atoms with E-state index in [0.717, 1.165) is 18.5 Å². The van der Waals surface area contributed by atoms with Gasteiger partial charge in [0.1, 0.15) is 0 Å². The summed E-state index contributed by atoms with van der Waals surface area (Å²) >= 11 is 0. The Hall–Kier alpha value is -1.07. The summed E-state index contributed by atoms with van der Waals surface area (Å²) in [6.07, 6.45) is 1.95. The van der Waals surface area contributed by atoms with Gasteiger partial charge in [0.25, 0.3) is 0 Å². The molecule has 0 spiro atoms. The van der Waals surface area contributed by atoms with Crippen LogP contribution in [0.2, 0.25) is 0 Å². The van der Waals surface area contributed by atoms with Crippen LogP contribution in [-0.2, 0) is 10.0 Å². The Labute approximate surface area is 115 Å². The molecule has 1 aliphatic carbocycles. The van der Waals surface area contributed by atoms with Gasteiger partial charge in [-0.25, -0.2) is 13.1 Å². The number of hydrogen-bond donors (Lipinski definition) is 2. The largest absolute Gasteiger partial charge is 0.382 e. The number of sulfonamides is 1. The van der Waals surface area contributed by atoms with Crippen LogP contribution >= 0.6 is 0 Å². The molecule has 19 heavy (non-hydrogen) atoms. The van der Waals surface area contributed by atoms with Gasteiger partial charge in [0.15, 0.2) is 0 Å². The van der Waals surface area contributed by atoms with Crippen molar-refractivity contribution in [1.82, 2.24) is 4.72 Å². The third-order valence-corrected chi connectivity index (χ3v) is 5.04. The zero-order chi connectivity index (χ0) is 14.1. The summed E-state index contributed by atoms with van der Waals surface area (Å²) in [6, 6.07) is 7.45. The summed E-state index contributed by atoms with van der Waals surface area (Å²) < 4.78 is 26.4. The molecule has 4 nitrogen and oxygen atoms in total. The van der Waals surface area contributed by atoms with Gasteiger partial charge in [0.2, 0.25) is 10.0 Å². The van der Waals surface area contributed by atoms with E-state index in [4.69, 9.17) is 0 Å². The Balaban J connectivity index is 2.02. The Bertz CT molecular complexity index is 535. The molecule has 1 aromatic rings. The average Bonchev–Trinajstić information content (AvgIpc) is 2.95. The zero-order valence-corrected chi connectivity index (χ0v) is 12.5. The maximum atomic E-state index is 11.9. The molecule has 1 aromatic carbocycles. The summed E-state index contributed by atoms with van der Waals surface area (Å²) in [7, 11) is -3.35. The highest BCUT2D eigenvalue weighted by molar-refractivity contribution is 7.89. The molecule has 5 heteroatoms. The van der Waals surface area contributed by atoms with Gasteiger partial charge in [-0.3, -0.25) is 0 Å². The van der Waals surface area contributed by atoms with Gasteiger partial charge in [0.05, 0.1) is 4.90 Å². The topological polar surface area (TPSA) is 58.2 Å². The molecule has 1 fully saturated rings. The van der Waals surface area contributed by atoms with Crippen molar-refractivity contribution >= 4 is 15.7 Å². The molecule has 1 unspecified atom stereocenters. The fourth-order valence-corrected chi connectivity index (χ4v) is 3.10. The SMILES string of the molecule is CCCNS(=O)(=O)c1ccc(NC2CC2(C)C)cc1. The van der Waals surface area contributed by atoms with Crippen LogP contribution in [0.25, 0.3) is 0 Å². The first-order chi connectivity index (χ1) is 8.85. The van der Waals surface area contributed by atoms with E-state index in [9.17, 15) is 8.42 Å². The van der Waals surface area contributed by atoms with Crippen molar-refractivity contribution in [3.05, 3.63) is 24.3 Å². The molecule has 2 rings (SSSR count). The maximum Gasteiger partial charge on any atom is 0.240 e. The quantitative estimate of drug-likeness (QED) is 0.843. The van der Waals surface area contributed by atoms with Gasteiger partial charge < -0.3 is 5.32 Å². The van der Waals surface area contributed by atoms with Crippen molar-refractivity contribution in [3.63, 3.8) is 0 Å². The number of rotatable bonds is 6. The van der Waals surface area contributed by atoms with E-state index in [0.29, 0.717) is 22.9 Å². The monoisotopic (exact) mass is 282 g/mol. The molecular formula is C14H22N2O2S. The van der Waals surface area contributed by atoms with Crippen LogP contribution in [0.5, 0.6) is 0 Å². The first-order valence-electron chi connectivity index (χ1n) is 6.71.